The number of carbonyl (C=O) groups is 1. The molecule has 0 fully saturated rings. The van der Waals surface area contributed by atoms with Gasteiger partial charge in [-0.15, -0.1) is 0 Å². The Balaban J connectivity index is 2.22. The molecule has 0 radical (unpaired) electrons. The average molecular weight is 311 g/mol. The zero-order valence-electron chi connectivity index (χ0n) is 12.4. The van der Waals surface area contributed by atoms with Crippen LogP contribution in [0.4, 0.5) is 5.69 Å². The molecule has 0 aromatic heterocycles. The third kappa shape index (κ3) is 4.21. The van der Waals surface area contributed by atoms with Crippen LogP contribution in [-0.4, -0.2) is 5.91 Å². The zero-order valence-corrected chi connectivity index (χ0v) is 13.1. The van der Waals surface area contributed by atoms with Gasteiger partial charge in [0.1, 0.15) is 11.6 Å². The SMILES string of the molecule is Cc1cc(C)cc(NC(=O)/C(C#N)=C/c2ccc(Cl)cc2)c1. The molecule has 0 saturated heterocycles. The van der Waals surface area contributed by atoms with E-state index >= 15 is 0 Å². The number of hydrogen-bond acceptors (Lipinski definition) is 2. The van der Waals surface area contributed by atoms with Crippen molar-refractivity contribution < 1.29 is 4.79 Å². The van der Waals surface area contributed by atoms with Crippen molar-refractivity contribution in [3.63, 3.8) is 0 Å². The van der Waals surface area contributed by atoms with Gasteiger partial charge in [-0.25, -0.2) is 0 Å². The Bertz CT molecular complexity index is 750. The largest absolute Gasteiger partial charge is 0.321 e. The van der Waals surface area contributed by atoms with Gasteiger partial charge in [0.05, 0.1) is 0 Å². The van der Waals surface area contributed by atoms with Crippen molar-refractivity contribution in [1.82, 2.24) is 0 Å². The number of halogens is 1. The summed E-state index contributed by atoms with van der Waals surface area (Å²) >= 11 is 5.82. The van der Waals surface area contributed by atoms with Gasteiger partial charge in [-0.1, -0.05) is 29.8 Å². The highest BCUT2D eigenvalue weighted by molar-refractivity contribution is 6.30. The van der Waals surface area contributed by atoms with E-state index in [-0.39, 0.29) is 5.57 Å². The van der Waals surface area contributed by atoms with Crippen molar-refractivity contribution in [2.45, 2.75) is 13.8 Å². The number of aryl methyl sites for hydroxylation is 2. The maximum atomic E-state index is 12.2. The third-order valence-electron chi connectivity index (χ3n) is 3.03. The summed E-state index contributed by atoms with van der Waals surface area (Å²) in [6.45, 7) is 3.91. The molecule has 0 aliphatic heterocycles. The van der Waals surface area contributed by atoms with Crippen LogP contribution in [0.15, 0.2) is 48.0 Å². The molecule has 0 unspecified atom stereocenters. The molecule has 0 atom stereocenters. The number of carbonyl (C=O) groups excluding carboxylic acids is 1. The van der Waals surface area contributed by atoms with E-state index in [0.717, 1.165) is 16.7 Å². The van der Waals surface area contributed by atoms with Crippen LogP contribution in [0.3, 0.4) is 0 Å². The summed E-state index contributed by atoms with van der Waals surface area (Å²) in [5, 5.41) is 12.6. The Morgan fingerprint density at radius 3 is 2.27 bits per heavy atom. The van der Waals surface area contributed by atoms with Gasteiger partial charge >= 0.3 is 0 Å². The number of nitriles is 1. The van der Waals surface area contributed by atoms with Crippen molar-refractivity contribution in [2.24, 2.45) is 0 Å². The summed E-state index contributed by atoms with van der Waals surface area (Å²) in [5.41, 5.74) is 3.57. The molecule has 0 spiro atoms. The highest BCUT2D eigenvalue weighted by Gasteiger charge is 2.10. The van der Waals surface area contributed by atoms with Crippen molar-refractivity contribution in [1.29, 1.82) is 5.26 Å². The van der Waals surface area contributed by atoms with Gasteiger partial charge in [-0.3, -0.25) is 4.79 Å². The second-order valence-electron chi connectivity index (χ2n) is 5.05. The number of nitrogens with one attached hydrogen (secondary N) is 1. The van der Waals surface area contributed by atoms with Crippen LogP contribution in [0.2, 0.25) is 5.02 Å². The van der Waals surface area contributed by atoms with Gasteiger partial charge in [-0.05, 0) is 60.9 Å². The Morgan fingerprint density at radius 2 is 1.73 bits per heavy atom. The third-order valence-corrected chi connectivity index (χ3v) is 3.28. The first-order valence-electron chi connectivity index (χ1n) is 6.75. The molecule has 2 aromatic rings. The van der Waals surface area contributed by atoms with Gasteiger partial charge < -0.3 is 5.32 Å². The van der Waals surface area contributed by atoms with Crippen molar-refractivity contribution >= 4 is 29.3 Å². The molecule has 4 heteroatoms. The molecule has 1 N–H and O–H groups in total. The topological polar surface area (TPSA) is 52.9 Å². The maximum absolute atomic E-state index is 12.2. The average Bonchev–Trinajstić information content (AvgIpc) is 2.45. The molecule has 2 aromatic carbocycles. The van der Waals surface area contributed by atoms with Crippen LogP contribution >= 0.6 is 11.6 Å². The molecule has 0 heterocycles. The fraction of sp³-hybridized carbons (Fsp3) is 0.111. The first-order chi connectivity index (χ1) is 10.5. The summed E-state index contributed by atoms with van der Waals surface area (Å²) in [6.07, 6.45) is 1.54. The Hall–Kier alpha value is -2.57. The molecule has 22 heavy (non-hydrogen) atoms. The molecule has 0 aliphatic rings. The fourth-order valence-corrected chi connectivity index (χ4v) is 2.25. The Morgan fingerprint density at radius 1 is 1.14 bits per heavy atom. The van der Waals surface area contributed by atoms with Gasteiger partial charge in [0.2, 0.25) is 0 Å². The monoisotopic (exact) mass is 310 g/mol. The molecule has 3 nitrogen and oxygen atoms in total. The van der Waals surface area contributed by atoms with Crippen LogP contribution in [0.25, 0.3) is 6.08 Å². The number of rotatable bonds is 3. The van der Waals surface area contributed by atoms with Gasteiger partial charge in [0.15, 0.2) is 0 Å². The zero-order chi connectivity index (χ0) is 16.1. The van der Waals surface area contributed by atoms with E-state index in [1.54, 1.807) is 24.3 Å². The predicted molar refractivity (Wildman–Crippen MR) is 89.6 cm³/mol. The van der Waals surface area contributed by atoms with Gasteiger partial charge in [0.25, 0.3) is 5.91 Å². The number of benzene rings is 2. The minimum atomic E-state index is -0.428. The summed E-state index contributed by atoms with van der Waals surface area (Å²) in [5.74, 6) is -0.428. The smallest absolute Gasteiger partial charge is 0.266 e. The number of amides is 1. The van der Waals surface area contributed by atoms with E-state index in [1.807, 2.05) is 38.1 Å². The van der Waals surface area contributed by atoms with Crippen LogP contribution in [-0.2, 0) is 4.79 Å². The summed E-state index contributed by atoms with van der Waals surface area (Å²) < 4.78 is 0. The normalized spacial score (nSPS) is 10.9. The lowest BCUT2D eigenvalue weighted by molar-refractivity contribution is -0.112. The van der Waals surface area contributed by atoms with Gasteiger partial charge in [-0.2, -0.15) is 5.26 Å². The molecule has 110 valence electrons. The summed E-state index contributed by atoms with van der Waals surface area (Å²) in [6, 6.07) is 14.6. The first kappa shape index (κ1) is 15.8. The lowest BCUT2D eigenvalue weighted by atomic mass is 10.1. The number of nitrogens with zero attached hydrogens (tertiary/aromatic N) is 1. The van der Waals surface area contributed by atoms with E-state index in [2.05, 4.69) is 5.32 Å². The number of hydrogen-bond donors (Lipinski definition) is 1. The summed E-state index contributed by atoms with van der Waals surface area (Å²) in [4.78, 5) is 12.2. The van der Waals surface area contributed by atoms with E-state index in [1.165, 1.54) is 6.08 Å². The molecule has 0 bridgehead atoms. The highest BCUT2D eigenvalue weighted by atomic mass is 35.5. The van der Waals surface area contributed by atoms with Crippen LogP contribution < -0.4 is 5.32 Å². The highest BCUT2D eigenvalue weighted by Crippen LogP contribution is 2.16. The van der Waals surface area contributed by atoms with Gasteiger partial charge in [0, 0.05) is 10.7 Å². The number of anilines is 1. The summed E-state index contributed by atoms with van der Waals surface area (Å²) in [7, 11) is 0. The fourth-order valence-electron chi connectivity index (χ4n) is 2.12. The van der Waals surface area contributed by atoms with Crippen LogP contribution in [0.5, 0.6) is 0 Å². The lowest BCUT2D eigenvalue weighted by Gasteiger charge is -2.07. The van der Waals surface area contributed by atoms with E-state index in [0.29, 0.717) is 10.7 Å². The quantitative estimate of drug-likeness (QED) is 0.670. The van der Waals surface area contributed by atoms with Crippen molar-refractivity contribution in [3.8, 4) is 6.07 Å². The second-order valence-corrected chi connectivity index (χ2v) is 5.49. The molecule has 0 saturated carbocycles. The molecule has 2 rings (SSSR count). The minimum absolute atomic E-state index is 0.0430. The second kappa shape index (κ2) is 6.93. The first-order valence-corrected chi connectivity index (χ1v) is 7.13. The molecule has 1 amide bonds. The predicted octanol–water partition coefficient (Wildman–Crippen LogP) is 4.50. The Kier molecular flexibility index (Phi) is 4.98. The molecular weight excluding hydrogens is 296 g/mol. The lowest BCUT2D eigenvalue weighted by Crippen LogP contribution is -2.13. The molecular formula is C18H15ClN2O. The van der Waals surface area contributed by atoms with Crippen LogP contribution in [0, 0.1) is 25.2 Å². The van der Waals surface area contributed by atoms with Crippen LogP contribution in [0.1, 0.15) is 16.7 Å². The van der Waals surface area contributed by atoms with E-state index in [9.17, 15) is 10.1 Å². The maximum Gasteiger partial charge on any atom is 0.266 e. The van der Waals surface area contributed by atoms with E-state index in [4.69, 9.17) is 11.6 Å². The van der Waals surface area contributed by atoms with Crippen molar-refractivity contribution in [2.75, 3.05) is 5.32 Å². The minimum Gasteiger partial charge on any atom is -0.321 e. The molecule has 0 aliphatic carbocycles. The Labute approximate surface area is 134 Å². The van der Waals surface area contributed by atoms with Crippen molar-refractivity contribution in [3.05, 3.63) is 69.8 Å². The standard InChI is InChI=1S/C18H15ClN2O/c1-12-7-13(2)9-17(8-12)21-18(22)15(11-20)10-14-3-5-16(19)6-4-14/h3-10H,1-2H3,(H,21,22)/b15-10+. The van der Waals surface area contributed by atoms with E-state index < -0.39 is 5.91 Å².